The molecule has 0 saturated heterocycles. The molecule has 0 unspecified atom stereocenters. The van der Waals surface area contributed by atoms with Crippen LogP contribution in [0.4, 0.5) is 0 Å². The van der Waals surface area contributed by atoms with Crippen molar-refractivity contribution in [2.75, 3.05) is 13.2 Å². The van der Waals surface area contributed by atoms with Gasteiger partial charge in [-0.15, -0.1) is 0 Å². The standard InChI is InChI=1S/C16H23NO/c18-9-8-16(6-7-16)12-17-11-13-4-5-14-2-1-3-15(14)10-13/h4-5,10,17-18H,1-3,6-9,11-12H2. The van der Waals surface area contributed by atoms with Gasteiger partial charge in [0.25, 0.3) is 0 Å². The van der Waals surface area contributed by atoms with Gasteiger partial charge in [-0.3, -0.25) is 0 Å². The molecule has 0 atom stereocenters. The molecule has 2 aliphatic carbocycles. The average Bonchev–Trinajstić information content (AvgIpc) is 2.97. The van der Waals surface area contributed by atoms with Crippen LogP contribution in [0.1, 0.15) is 42.4 Å². The number of fused-ring (bicyclic) bond motifs is 1. The van der Waals surface area contributed by atoms with E-state index in [-0.39, 0.29) is 0 Å². The van der Waals surface area contributed by atoms with E-state index in [4.69, 9.17) is 5.11 Å². The molecule has 1 saturated carbocycles. The molecule has 18 heavy (non-hydrogen) atoms. The highest BCUT2D eigenvalue weighted by Gasteiger charge is 2.41. The van der Waals surface area contributed by atoms with Gasteiger partial charge in [0.05, 0.1) is 0 Å². The van der Waals surface area contributed by atoms with Crippen molar-refractivity contribution >= 4 is 0 Å². The zero-order chi connectivity index (χ0) is 12.4. The van der Waals surface area contributed by atoms with Crippen LogP contribution in [0.3, 0.4) is 0 Å². The second-order valence-corrected chi connectivity index (χ2v) is 6.03. The highest BCUT2D eigenvalue weighted by molar-refractivity contribution is 5.35. The summed E-state index contributed by atoms with van der Waals surface area (Å²) in [7, 11) is 0. The SMILES string of the molecule is OCCC1(CNCc2ccc3c(c2)CCC3)CC1. The molecular weight excluding hydrogens is 222 g/mol. The lowest BCUT2D eigenvalue weighted by atomic mass is 10.0. The number of hydrogen-bond acceptors (Lipinski definition) is 2. The highest BCUT2D eigenvalue weighted by Crippen LogP contribution is 2.47. The van der Waals surface area contributed by atoms with Crippen LogP contribution in [0, 0.1) is 5.41 Å². The summed E-state index contributed by atoms with van der Waals surface area (Å²) >= 11 is 0. The first-order chi connectivity index (χ1) is 8.81. The number of aliphatic hydroxyl groups is 1. The molecule has 0 aromatic heterocycles. The third-order valence-corrected chi connectivity index (χ3v) is 4.59. The molecule has 1 aromatic carbocycles. The summed E-state index contributed by atoms with van der Waals surface area (Å²) in [4.78, 5) is 0. The minimum Gasteiger partial charge on any atom is -0.396 e. The van der Waals surface area contributed by atoms with Crippen LogP contribution >= 0.6 is 0 Å². The third kappa shape index (κ3) is 2.60. The summed E-state index contributed by atoms with van der Waals surface area (Å²) in [5.41, 5.74) is 4.95. The van der Waals surface area contributed by atoms with Crippen LogP contribution in [-0.4, -0.2) is 18.3 Å². The molecule has 0 aliphatic heterocycles. The molecule has 2 heteroatoms. The molecule has 0 spiro atoms. The van der Waals surface area contributed by atoms with Crippen LogP contribution in [0.25, 0.3) is 0 Å². The first kappa shape index (κ1) is 12.2. The van der Waals surface area contributed by atoms with Gasteiger partial charge >= 0.3 is 0 Å². The van der Waals surface area contributed by atoms with Crippen LogP contribution in [-0.2, 0) is 19.4 Å². The average molecular weight is 245 g/mol. The molecule has 98 valence electrons. The fourth-order valence-electron chi connectivity index (χ4n) is 3.14. The predicted molar refractivity (Wildman–Crippen MR) is 73.5 cm³/mol. The van der Waals surface area contributed by atoms with Gasteiger partial charge in [-0.05, 0) is 60.6 Å². The number of aliphatic hydroxyl groups excluding tert-OH is 1. The third-order valence-electron chi connectivity index (χ3n) is 4.59. The molecule has 2 nitrogen and oxygen atoms in total. The lowest BCUT2D eigenvalue weighted by molar-refractivity contribution is 0.245. The second-order valence-electron chi connectivity index (χ2n) is 6.03. The normalized spacial score (nSPS) is 19.8. The Morgan fingerprint density at radius 3 is 2.78 bits per heavy atom. The van der Waals surface area contributed by atoms with Gasteiger partial charge in [0.2, 0.25) is 0 Å². The summed E-state index contributed by atoms with van der Waals surface area (Å²) in [6, 6.07) is 6.95. The zero-order valence-corrected chi connectivity index (χ0v) is 11.0. The van der Waals surface area contributed by atoms with E-state index in [9.17, 15) is 0 Å². The van der Waals surface area contributed by atoms with E-state index >= 15 is 0 Å². The Bertz CT molecular complexity index is 423. The van der Waals surface area contributed by atoms with Crippen molar-refractivity contribution in [2.45, 2.75) is 45.1 Å². The van der Waals surface area contributed by atoms with Gasteiger partial charge in [-0.2, -0.15) is 0 Å². The predicted octanol–water partition coefficient (Wildman–Crippen LogP) is 2.43. The Balaban J connectivity index is 1.51. The number of nitrogens with one attached hydrogen (secondary N) is 1. The fraction of sp³-hybridized carbons (Fsp3) is 0.625. The Kier molecular flexibility index (Phi) is 3.40. The molecule has 0 heterocycles. The minimum atomic E-state index is 0.334. The van der Waals surface area contributed by atoms with E-state index in [0.717, 1.165) is 19.5 Å². The molecule has 1 aromatic rings. The first-order valence-electron chi connectivity index (χ1n) is 7.24. The van der Waals surface area contributed by atoms with Crippen LogP contribution in [0.5, 0.6) is 0 Å². The quantitative estimate of drug-likeness (QED) is 0.807. The van der Waals surface area contributed by atoms with E-state index in [1.165, 1.54) is 37.7 Å². The number of aryl methyl sites for hydroxylation is 2. The molecule has 1 fully saturated rings. The molecule has 2 aliphatic rings. The van der Waals surface area contributed by atoms with Gasteiger partial charge in [0, 0.05) is 19.7 Å². The van der Waals surface area contributed by atoms with Crippen molar-refractivity contribution in [3.05, 3.63) is 34.9 Å². The van der Waals surface area contributed by atoms with Crippen molar-refractivity contribution < 1.29 is 5.11 Å². The van der Waals surface area contributed by atoms with E-state index < -0.39 is 0 Å². The summed E-state index contributed by atoms with van der Waals surface area (Å²) < 4.78 is 0. The lowest BCUT2D eigenvalue weighted by Crippen LogP contribution is -2.24. The monoisotopic (exact) mass is 245 g/mol. The lowest BCUT2D eigenvalue weighted by Gasteiger charge is -2.14. The topological polar surface area (TPSA) is 32.3 Å². The number of hydrogen-bond donors (Lipinski definition) is 2. The van der Waals surface area contributed by atoms with E-state index in [0.29, 0.717) is 12.0 Å². The Hall–Kier alpha value is -0.860. The van der Waals surface area contributed by atoms with Crippen LogP contribution in [0.15, 0.2) is 18.2 Å². The Labute approximate surface area is 109 Å². The zero-order valence-electron chi connectivity index (χ0n) is 11.0. The van der Waals surface area contributed by atoms with Crippen molar-refractivity contribution in [3.8, 4) is 0 Å². The van der Waals surface area contributed by atoms with Crippen molar-refractivity contribution in [1.29, 1.82) is 0 Å². The molecule has 3 rings (SSSR count). The van der Waals surface area contributed by atoms with Crippen LogP contribution in [0.2, 0.25) is 0 Å². The second kappa shape index (κ2) is 5.02. The van der Waals surface area contributed by atoms with Crippen molar-refractivity contribution in [1.82, 2.24) is 5.32 Å². The summed E-state index contributed by atoms with van der Waals surface area (Å²) in [5, 5.41) is 12.6. The van der Waals surface area contributed by atoms with Crippen molar-refractivity contribution in [3.63, 3.8) is 0 Å². The maximum absolute atomic E-state index is 9.04. The molecule has 0 bridgehead atoms. The minimum absolute atomic E-state index is 0.334. The van der Waals surface area contributed by atoms with Gasteiger partial charge in [0.1, 0.15) is 0 Å². The Morgan fingerprint density at radius 1 is 1.17 bits per heavy atom. The summed E-state index contributed by atoms with van der Waals surface area (Å²) in [6.07, 6.45) is 7.38. The van der Waals surface area contributed by atoms with E-state index in [1.54, 1.807) is 11.1 Å². The van der Waals surface area contributed by atoms with E-state index in [1.807, 2.05) is 0 Å². The van der Waals surface area contributed by atoms with Gasteiger partial charge in [-0.25, -0.2) is 0 Å². The molecule has 0 amide bonds. The fourth-order valence-corrected chi connectivity index (χ4v) is 3.14. The number of rotatable bonds is 6. The molecule has 2 N–H and O–H groups in total. The van der Waals surface area contributed by atoms with Gasteiger partial charge in [-0.1, -0.05) is 18.2 Å². The van der Waals surface area contributed by atoms with Gasteiger partial charge < -0.3 is 10.4 Å². The summed E-state index contributed by atoms with van der Waals surface area (Å²) in [6.45, 7) is 2.37. The van der Waals surface area contributed by atoms with Crippen LogP contribution < -0.4 is 5.32 Å². The summed E-state index contributed by atoms with van der Waals surface area (Å²) in [5.74, 6) is 0. The Morgan fingerprint density at radius 2 is 2.00 bits per heavy atom. The van der Waals surface area contributed by atoms with Gasteiger partial charge in [0.15, 0.2) is 0 Å². The van der Waals surface area contributed by atoms with E-state index in [2.05, 4.69) is 23.5 Å². The molecule has 0 radical (unpaired) electrons. The maximum atomic E-state index is 9.04. The first-order valence-corrected chi connectivity index (χ1v) is 7.24. The number of benzene rings is 1. The van der Waals surface area contributed by atoms with Crippen molar-refractivity contribution in [2.24, 2.45) is 5.41 Å². The largest absolute Gasteiger partial charge is 0.396 e. The highest BCUT2D eigenvalue weighted by atomic mass is 16.3. The maximum Gasteiger partial charge on any atom is 0.0436 e. The smallest absolute Gasteiger partial charge is 0.0436 e. The molecular formula is C16H23NO.